The summed E-state index contributed by atoms with van der Waals surface area (Å²) < 4.78 is 59.1. The Bertz CT molecular complexity index is 1510. The average molecular weight is 538 g/mol. The molecule has 0 bridgehead atoms. The predicted octanol–water partition coefficient (Wildman–Crippen LogP) is 2.28. The van der Waals surface area contributed by atoms with Gasteiger partial charge in [0.15, 0.2) is 14.6 Å². The van der Waals surface area contributed by atoms with Gasteiger partial charge in [-0.05, 0) is 43.2 Å². The number of carbonyl (C=O) groups is 1. The molecular weight excluding hydrogens is 510 g/mol. The molecule has 0 radical (unpaired) electrons. The number of methoxy groups -OCH3 is 1. The first kappa shape index (κ1) is 25.7. The van der Waals surface area contributed by atoms with Crippen LogP contribution in [0.25, 0.3) is 10.2 Å². The largest absolute Gasteiger partial charge is 0.383 e. The van der Waals surface area contributed by atoms with E-state index in [-0.39, 0.29) is 22.2 Å². The van der Waals surface area contributed by atoms with Crippen molar-refractivity contribution in [2.24, 2.45) is 10.9 Å². The molecule has 188 valence electrons. The van der Waals surface area contributed by atoms with E-state index < -0.39 is 25.8 Å². The fourth-order valence-corrected chi connectivity index (χ4v) is 7.43. The second-order valence-electron chi connectivity index (χ2n) is 8.40. The van der Waals surface area contributed by atoms with Gasteiger partial charge in [0.1, 0.15) is 0 Å². The molecule has 2 heterocycles. The number of sulfone groups is 1. The van der Waals surface area contributed by atoms with Gasteiger partial charge in [-0.2, -0.15) is 9.30 Å². The van der Waals surface area contributed by atoms with Crippen molar-refractivity contribution in [3.05, 3.63) is 53.3 Å². The summed E-state index contributed by atoms with van der Waals surface area (Å²) in [5, 5.41) is 0. The first-order valence-electron chi connectivity index (χ1n) is 11.1. The summed E-state index contributed by atoms with van der Waals surface area (Å²) in [6, 6.07) is 13.0. The van der Waals surface area contributed by atoms with E-state index in [1.54, 1.807) is 49.6 Å². The lowest BCUT2D eigenvalue weighted by Gasteiger charge is -2.30. The second kappa shape index (κ2) is 10.3. The molecule has 1 aliphatic heterocycles. The van der Waals surface area contributed by atoms with E-state index in [0.29, 0.717) is 42.0 Å². The third kappa shape index (κ3) is 5.56. The quantitative estimate of drug-likeness (QED) is 0.457. The monoisotopic (exact) mass is 537 g/mol. The number of benzene rings is 2. The topological polar surface area (TPSA) is 115 Å². The molecule has 1 fully saturated rings. The molecule has 2 aromatic carbocycles. The van der Waals surface area contributed by atoms with Crippen molar-refractivity contribution >= 4 is 47.3 Å². The fraction of sp³-hybridized carbons (Fsp3) is 0.391. The number of aromatic nitrogens is 1. The van der Waals surface area contributed by atoms with Crippen LogP contribution in [0.3, 0.4) is 0 Å². The van der Waals surface area contributed by atoms with E-state index in [2.05, 4.69) is 4.99 Å². The number of thiazole rings is 1. The Hall–Kier alpha value is -2.38. The molecule has 0 spiro atoms. The molecule has 12 heteroatoms. The first-order chi connectivity index (χ1) is 16.6. The van der Waals surface area contributed by atoms with Crippen molar-refractivity contribution in [2.75, 3.05) is 33.1 Å². The van der Waals surface area contributed by atoms with Crippen molar-refractivity contribution in [1.29, 1.82) is 0 Å². The van der Waals surface area contributed by atoms with E-state index in [9.17, 15) is 21.6 Å². The molecule has 4 rings (SSSR count). The number of hydrogen-bond acceptors (Lipinski definition) is 7. The zero-order chi connectivity index (χ0) is 25.2. The molecule has 1 atom stereocenters. The number of piperidine rings is 1. The van der Waals surface area contributed by atoms with Gasteiger partial charge in [-0.25, -0.2) is 16.8 Å². The van der Waals surface area contributed by atoms with Crippen molar-refractivity contribution in [2.45, 2.75) is 29.2 Å². The Morgan fingerprint density at radius 2 is 1.86 bits per heavy atom. The molecule has 35 heavy (non-hydrogen) atoms. The van der Waals surface area contributed by atoms with Crippen LogP contribution in [0.5, 0.6) is 0 Å². The summed E-state index contributed by atoms with van der Waals surface area (Å²) in [6.45, 7) is 1.24. The lowest BCUT2D eigenvalue weighted by atomic mass is 9.99. The third-order valence-corrected chi connectivity index (χ3v) is 9.95. The Morgan fingerprint density at radius 1 is 1.11 bits per heavy atom. The second-order valence-corrected chi connectivity index (χ2v) is 13.4. The Balaban J connectivity index is 1.67. The summed E-state index contributed by atoms with van der Waals surface area (Å²) in [6.07, 6.45) is 2.25. The highest BCUT2D eigenvalue weighted by Gasteiger charge is 2.33. The van der Waals surface area contributed by atoms with E-state index in [0.717, 1.165) is 11.8 Å². The van der Waals surface area contributed by atoms with E-state index in [4.69, 9.17) is 4.74 Å². The Morgan fingerprint density at radius 3 is 2.54 bits per heavy atom. The van der Waals surface area contributed by atoms with Gasteiger partial charge in [-0.1, -0.05) is 29.5 Å². The van der Waals surface area contributed by atoms with E-state index in [1.165, 1.54) is 21.7 Å². The highest BCUT2D eigenvalue weighted by Crippen LogP contribution is 2.25. The normalized spacial score (nSPS) is 18.2. The summed E-state index contributed by atoms with van der Waals surface area (Å²) >= 11 is 1.22. The van der Waals surface area contributed by atoms with Crippen LogP contribution in [-0.2, 0) is 35.9 Å². The van der Waals surface area contributed by atoms with Crippen LogP contribution in [0.2, 0.25) is 0 Å². The molecule has 1 aromatic heterocycles. The van der Waals surface area contributed by atoms with Crippen LogP contribution >= 0.6 is 11.3 Å². The Kier molecular flexibility index (Phi) is 7.57. The number of nitrogens with zero attached hydrogens (tertiary/aromatic N) is 3. The third-order valence-electron chi connectivity index (χ3n) is 5.92. The predicted molar refractivity (Wildman–Crippen MR) is 133 cm³/mol. The first-order valence-corrected chi connectivity index (χ1v) is 15.2. The number of rotatable bonds is 7. The smallest absolute Gasteiger partial charge is 0.252 e. The lowest BCUT2D eigenvalue weighted by Crippen LogP contribution is -2.42. The standard InChI is InChI=1S/C23H27N3O6S3/c1-32-14-13-26-20-11-10-19(34(2,28)29)15-21(20)33-23(26)24-22(27)17-7-6-12-25(16-17)35(30,31)18-8-4-3-5-9-18/h3-5,8-11,15,17H,6-7,12-14,16H2,1-2H3. The Labute approximate surface area is 208 Å². The number of ether oxygens (including phenoxy) is 1. The highest BCUT2D eigenvalue weighted by atomic mass is 32.2. The van der Waals surface area contributed by atoms with E-state index >= 15 is 0 Å². The molecule has 0 saturated carbocycles. The number of carbonyl (C=O) groups excluding carboxylic acids is 1. The van der Waals surface area contributed by atoms with Gasteiger partial charge in [-0.3, -0.25) is 4.79 Å². The number of amides is 1. The summed E-state index contributed by atoms with van der Waals surface area (Å²) in [4.78, 5) is 18.4. The van der Waals surface area contributed by atoms with Crippen molar-refractivity contribution in [3.8, 4) is 0 Å². The molecule has 1 saturated heterocycles. The molecule has 0 N–H and O–H groups in total. The van der Waals surface area contributed by atoms with Crippen LogP contribution in [0.4, 0.5) is 0 Å². The van der Waals surface area contributed by atoms with Gasteiger partial charge >= 0.3 is 0 Å². The molecule has 1 amide bonds. The number of fused-ring (bicyclic) bond motifs is 1. The van der Waals surface area contributed by atoms with Crippen LogP contribution in [0, 0.1) is 5.92 Å². The minimum Gasteiger partial charge on any atom is -0.383 e. The summed E-state index contributed by atoms with van der Waals surface area (Å²) in [7, 11) is -5.51. The molecule has 1 unspecified atom stereocenters. The molecule has 1 aliphatic rings. The minimum absolute atomic E-state index is 0.0702. The van der Waals surface area contributed by atoms with Gasteiger partial charge < -0.3 is 9.30 Å². The van der Waals surface area contributed by atoms with Crippen LogP contribution < -0.4 is 4.80 Å². The maximum Gasteiger partial charge on any atom is 0.252 e. The maximum absolute atomic E-state index is 13.2. The average Bonchev–Trinajstić information content (AvgIpc) is 3.18. The zero-order valence-corrected chi connectivity index (χ0v) is 21.9. The van der Waals surface area contributed by atoms with Crippen LogP contribution in [0.15, 0.2) is 63.3 Å². The highest BCUT2D eigenvalue weighted by molar-refractivity contribution is 7.90. The van der Waals surface area contributed by atoms with Gasteiger partial charge in [-0.15, -0.1) is 0 Å². The van der Waals surface area contributed by atoms with Gasteiger partial charge in [0.25, 0.3) is 5.91 Å². The van der Waals surface area contributed by atoms with Crippen molar-refractivity contribution < 1.29 is 26.4 Å². The SMILES string of the molecule is COCCn1c(=NC(=O)C2CCCN(S(=O)(=O)c3ccccc3)C2)sc2cc(S(C)(=O)=O)ccc21. The molecule has 3 aromatic rings. The molecule has 0 aliphatic carbocycles. The summed E-state index contributed by atoms with van der Waals surface area (Å²) in [5.41, 5.74) is 0.753. The number of hydrogen-bond donors (Lipinski definition) is 0. The van der Waals surface area contributed by atoms with Gasteiger partial charge in [0.2, 0.25) is 10.0 Å². The zero-order valence-electron chi connectivity index (χ0n) is 19.5. The fourth-order valence-electron chi connectivity index (χ4n) is 4.06. The van der Waals surface area contributed by atoms with Crippen molar-refractivity contribution in [1.82, 2.24) is 8.87 Å². The van der Waals surface area contributed by atoms with Gasteiger partial charge in [0.05, 0.1) is 32.5 Å². The minimum atomic E-state index is -3.70. The maximum atomic E-state index is 13.2. The lowest BCUT2D eigenvalue weighted by molar-refractivity contribution is -0.122. The van der Waals surface area contributed by atoms with Gasteiger partial charge in [0, 0.05) is 33.0 Å². The summed E-state index contributed by atoms with van der Waals surface area (Å²) in [5.74, 6) is -0.950. The molecular formula is C23H27N3O6S3. The van der Waals surface area contributed by atoms with Crippen LogP contribution in [0.1, 0.15) is 12.8 Å². The van der Waals surface area contributed by atoms with E-state index in [1.807, 2.05) is 4.57 Å². The van der Waals surface area contributed by atoms with Crippen molar-refractivity contribution in [3.63, 3.8) is 0 Å². The molecule has 9 nitrogen and oxygen atoms in total. The van der Waals surface area contributed by atoms with Crippen LogP contribution in [-0.4, -0.2) is 64.7 Å². The number of sulfonamides is 1.